The van der Waals surface area contributed by atoms with Crippen LogP contribution in [0.2, 0.25) is 0 Å². The Morgan fingerprint density at radius 2 is 1.86 bits per heavy atom. The highest BCUT2D eigenvalue weighted by Crippen LogP contribution is 2.40. The van der Waals surface area contributed by atoms with Gasteiger partial charge in [-0.1, -0.05) is 42.1 Å². The number of rotatable bonds is 9. The van der Waals surface area contributed by atoms with Crippen LogP contribution in [0.5, 0.6) is 5.75 Å². The van der Waals surface area contributed by atoms with Crippen molar-refractivity contribution in [2.45, 2.75) is 49.6 Å². The van der Waals surface area contributed by atoms with E-state index in [0.717, 1.165) is 36.1 Å². The maximum Gasteiger partial charge on any atom is 0.192 e. The molecule has 0 N–H and O–H groups in total. The number of hydrogen-bond donors (Lipinski definition) is 0. The van der Waals surface area contributed by atoms with Crippen molar-refractivity contribution in [3.05, 3.63) is 71.5 Å². The number of ether oxygens (including phenoxy) is 1. The first-order chi connectivity index (χ1) is 14.2. The zero-order valence-corrected chi connectivity index (χ0v) is 17.6. The SMILES string of the molecule is CCOc1ccc(C(=O)[C@H](C)Sc2nnc(C3CC3)n2Cc2ccccc2)cc1. The molecule has 0 bridgehead atoms. The summed E-state index contributed by atoms with van der Waals surface area (Å²) >= 11 is 1.48. The van der Waals surface area contributed by atoms with Crippen molar-refractivity contribution in [3.63, 3.8) is 0 Å². The van der Waals surface area contributed by atoms with E-state index < -0.39 is 0 Å². The Morgan fingerprint density at radius 1 is 1.14 bits per heavy atom. The molecule has 6 heteroatoms. The molecule has 1 heterocycles. The molecule has 4 rings (SSSR count). The number of ketones is 1. The van der Waals surface area contributed by atoms with Crippen LogP contribution in [0.15, 0.2) is 59.8 Å². The van der Waals surface area contributed by atoms with Crippen molar-refractivity contribution in [1.29, 1.82) is 0 Å². The van der Waals surface area contributed by atoms with E-state index >= 15 is 0 Å². The first-order valence-electron chi connectivity index (χ1n) is 10.1. The molecule has 0 amide bonds. The molecule has 150 valence electrons. The standard InChI is InChI=1S/C23H25N3O2S/c1-3-28-20-13-11-18(12-14-20)21(27)16(2)29-23-25-24-22(19-9-10-19)26(23)15-17-7-5-4-6-8-17/h4-8,11-14,16,19H,3,9-10,15H2,1-2H3/t16-/m0/s1. The van der Waals surface area contributed by atoms with Crippen molar-refractivity contribution >= 4 is 17.5 Å². The Morgan fingerprint density at radius 3 is 2.52 bits per heavy atom. The van der Waals surface area contributed by atoms with Gasteiger partial charge in [0.25, 0.3) is 0 Å². The van der Waals surface area contributed by atoms with E-state index in [9.17, 15) is 4.79 Å². The molecule has 1 fully saturated rings. The molecule has 1 aliphatic carbocycles. The van der Waals surface area contributed by atoms with Gasteiger partial charge in [-0.25, -0.2) is 0 Å². The third-order valence-electron chi connectivity index (χ3n) is 4.97. The third kappa shape index (κ3) is 4.70. The monoisotopic (exact) mass is 407 g/mol. The zero-order chi connectivity index (χ0) is 20.2. The Labute approximate surface area is 175 Å². The van der Waals surface area contributed by atoms with Gasteiger partial charge in [0.15, 0.2) is 10.9 Å². The van der Waals surface area contributed by atoms with Crippen LogP contribution in [0.3, 0.4) is 0 Å². The van der Waals surface area contributed by atoms with Crippen molar-refractivity contribution in [1.82, 2.24) is 14.8 Å². The fraction of sp³-hybridized carbons (Fsp3) is 0.348. The Bertz CT molecular complexity index is 966. The summed E-state index contributed by atoms with van der Waals surface area (Å²) in [5, 5.41) is 9.44. The van der Waals surface area contributed by atoms with Crippen molar-refractivity contribution in [3.8, 4) is 5.75 Å². The largest absolute Gasteiger partial charge is 0.494 e. The highest BCUT2D eigenvalue weighted by atomic mass is 32.2. The molecule has 0 saturated heterocycles. The molecule has 3 aromatic rings. The summed E-state index contributed by atoms with van der Waals surface area (Å²) in [5.41, 5.74) is 1.89. The van der Waals surface area contributed by atoms with Gasteiger partial charge in [-0.2, -0.15) is 0 Å². The molecule has 1 atom stereocenters. The number of hydrogen-bond acceptors (Lipinski definition) is 5. The van der Waals surface area contributed by atoms with Gasteiger partial charge < -0.3 is 9.30 Å². The second-order valence-corrected chi connectivity index (χ2v) is 8.58. The summed E-state index contributed by atoms with van der Waals surface area (Å²) in [7, 11) is 0. The Hall–Kier alpha value is -2.60. The van der Waals surface area contributed by atoms with Crippen LogP contribution >= 0.6 is 11.8 Å². The normalized spacial score (nSPS) is 14.6. The molecule has 1 aliphatic rings. The smallest absolute Gasteiger partial charge is 0.192 e. The lowest BCUT2D eigenvalue weighted by molar-refractivity contribution is 0.0994. The van der Waals surface area contributed by atoms with E-state index in [0.29, 0.717) is 18.1 Å². The number of nitrogens with zero attached hydrogens (tertiary/aromatic N) is 3. The summed E-state index contributed by atoms with van der Waals surface area (Å²) < 4.78 is 7.64. The fourth-order valence-corrected chi connectivity index (χ4v) is 4.21. The Balaban J connectivity index is 1.51. The van der Waals surface area contributed by atoms with E-state index in [2.05, 4.69) is 26.9 Å². The molecule has 0 aliphatic heterocycles. The lowest BCUT2D eigenvalue weighted by Crippen LogP contribution is -2.15. The fourth-order valence-electron chi connectivity index (χ4n) is 3.27. The summed E-state index contributed by atoms with van der Waals surface area (Å²) in [6, 6.07) is 17.7. The highest BCUT2D eigenvalue weighted by molar-refractivity contribution is 8.00. The summed E-state index contributed by atoms with van der Waals surface area (Å²) in [6.07, 6.45) is 2.33. The minimum absolute atomic E-state index is 0.0836. The van der Waals surface area contributed by atoms with Crippen LogP contribution in [0.1, 0.15) is 54.4 Å². The van der Waals surface area contributed by atoms with E-state index in [4.69, 9.17) is 4.74 Å². The summed E-state index contributed by atoms with van der Waals surface area (Å²) in [6.45, 7) is 5.22. The quantitative estimate of drug-likeness (QED) is 0.370. The van der Waals surface area contributed by atoms with E-state index in [1.807, 2.05) is 56.3 Å². The van der Waals surface area contributed by atoms with Gasteiger partial charge in [-0.05, 0) is 56.5 Å². The zero-order valence-electron chi connectivity index (χ0n) is 16.7. The average Bonchev–Trinajstić information content (AvgIpc) is 3.52. The number of Topliss-reactive ketones (excluding diaryl/α,β-unsaturated/α-hetero) is 1. The highest BCUT2D eigenvalue weighted by Gasteiger charge is 2.31. The van der Waals surface area contributed by atoms with Gasteiger partial charge in [0.1, 0.15) is 11.6 Å². The van der Waals surface area contributed by atoms with E-state index in [1.165, 1.54) is 17.3 Å². The minimum atomic E-state index is -0.251. The number of carbonyl (C=O) groups excluding carboxylic acids is 1. The predicted octanol–water partition coefficient (Wildman–Crippen LogP) is 4.97. The van der Waals surface area contributed by atoms with Crippen LogP contribution in [-0.4, -0.2) is 32.4 Å². The molecule has 0 spiro atoms. The van der Waals surface area contributed by atoms with Crippen molar-refractivity contribution in [2.24, 2.45) is 0 Å². The number of aromatic nitrogens is 3. The Kier molecular flexibility index (Phi) is 6.00. The molecule has 1 saturated carbocycles. The van der Waals surface area contributed by atoms with Crippen molar-refractivity contribution < 1.29 is 9.53 Å². The molecule has 2 aromatic carbocycles. The van der Waals surface area contributed by atoms with Gasteiger partial charge in [0.05, 0.1) is 18.4 Å². The molecule has 1 aromatic heterocycles. The van der Waals surface area contributed by atoms with Gasteiger partial charge in [0.2, 0.25) is 0 Å². The van der Waals surface area contributed by atoms with Crippen molar-refractivity contribution in [2.75, 3.05) is 6.61 Å². The second kappa shape index (κ2) is 8.82. The maximum absolute atomic E-state index is 12.9. The first-order valence-corrected chi connectivity index (χ1v) is 10.9. The van der Waals surface area contributed by atoms with Gasteiger partial charge >= 0.3 is 0 Å². The van der Waals surface area contributed by atoms with Gasteiger partial charge in [-0.15, -0.1) is 10.2 Å². The molecular formula is C23H25N3O2S. The maximum atomic E-state index is 12.9. The van der Waals surface area contributed by atoms with Crippen LogP contribution < -0.4 is 4.74 Å². The number of benzene rings is 2. The van der Waals surface area contributed by atoms with Gasteiger partial charge in [0, 0.05) is 11.5 Å². The molecule has 5 nitrogen and oxygen atoms in total. The molecule has 0 radical (unpaired) electrons. The molecular weight excluding hydrogens is 382 g/mol. The predicted molar refractivity (Wildman–Crippen MR) is 115 cm³/mol. The topological polar surface area (TPSA) is 57.0 Å². The molecule has 0 unspecified atom stereocenters. The second-order valence-electron chi connectivity index (χ2n) is 7.27. The minimum Gasteiger partial charge on any atom is -0.494 e. The summed E-state index contributed by atoms with van der Waals surface area (Å²) in [5.74, 6) is 2.40. The van der Waals surface area contributed by atoms with Crippen LogP contribution in [0, 0.1) is 0 Å². The molecule has 29 heavy (non-hydrogen) atoms. The van der Waals surface area contributed by atoms with Crippen LogP contribution in [0.25, 0.3) is 0 Å². The number of thioether (sulfide) groups is 1. The van der Waals surface area contributed by atoms with Gasteiger partial charge in [-0.3, -0.25) is 4.79 Å². The van der Waals surface area contributed by atoms with Crippen LogP contribution in [0.4, 0.5) is 0 Å². The average molecular weight is 408 g/mol. The number of carbonyl (C=O) groups is 1. The lowest BCUT2D eigenvalue weighted by Gasteiger charge is -2.13. The summed E-state index contributed by atoms with van der Waals surface area (Å²) in [4.78, 5) is 12.9. The third-order valence-corrected chi connectivity index (χ3v) is 6.05. The van der Waals surface area contributed by atoms with E-state index in [1.54, 1.807) is 0 Å². The van der Waals surface area contributed by atoms with E-state index in [-0.39, 0.29) is 11.0 Å². The lowest BCUT2D eigenvalue weighted by atomic mass is 10.1. The first kappa shape index (κ1) is 19.7. The van der Waals surface area contributed by atoms with Crippen LogP contribution in [-0.2, 0) is 6.54 Å².